The Balaban J connectivity index is 1.87. The van der Waals surface area contributed by atoms with Crippen LogP contribution in [0.15, 0.2) is 11.7 Å². The molecule has 0 aliphatic carbocycles. The normalized spacial score (nSPS) is 24.8. The van der Waals surface area contributed by atoms with Crippen LogP contribution in [0, 0.1) is 0 Å². The smallest absolute Gasteiger partial charge is 0.0794 e. The van der Waals surface area contributed by atoms with E-state index in [1.165, 1.54) is 4.88 Å². The third kappa shape index (κ3) is 2.49. The summed E-state index contributed by atoms with van der Waals surface area (Å²) in [6.45, 7) is 6.72. The molecule has 1 unspecified atom stereocenters. The maximum Gasteiger partial charge on any atom is 0.0794 e. The molecule has 0 spiro atoms. The first kappa shape index (κ1) is 9.12. The van der Waals surface area contributed by atoms with Gasteiger partial charge in [0.25, 0.3) is 0 Å². The highest BCUT2D eigenvalue weighted by Gasteiger charge is 2.15. The summed E-state index contributed by atoms with van der Waals surface area (Å²) in [5.41, 5.74) is 1.90. The van der Waals surface area contributed by atoms with Crippen LogP contribution in [0.2, 0.25) is 0 Å². The predicted octanol–water partition coefficient (Wildman–Crippen LogP) is 0.937. The lowest BCUT2D eigenvalue weighted by Gasteiger charge is -2.31. The Labute approximate surface area is 82.8 Å². The summed E-state index contributed by atoms with van der Waals surface area (Å²) >= 11 is 1.74. The molecule has 1 fully saturated rings. The number of thiazole rings is 1. The summed E-state index contributed by atoms with van der Waals surface area (Å²) in [6, 6.07) is 0.627. The molecule has 2 rings (SSSR count). The highest BCUT2D eigenvalue weighted by Crippen LogP contribution is 2.10. The van der Waals surface area contributed by atoms with Crippen molar-refractivity contribution in [2.75, 3.05) is 19.6 Å². The van der Waals surface area contributed by atoms with E-state index in [9.17, 15) is 0 Å². The van der Waals surface area contributed by atoms with E-state index >= 15 is 0 Å². The molecule has 1 aliphatic heterocycles. The van der Waals surface area contributed by atoms with E-state index in [4.69, 9.17) is 0 Å². The van der Waals surface area contributed by atoms with E-state index in [1.807, 2.05) is 11.7 Å². The van der Waals surface area contributed by atoms with Crippen LogP contribution in [0.3, 0.4) is 0 Å². The second-order valence-electron chi connectivity index (χ2n) is 3.56. The zero-order valence-corrected chi connectivity index (χ0v) is 8.68. The molecule has 0 aromatic carbocycles. The summed E-state index contributed by atoms with van der Waals surface area (Å²) in [7, 11) is 0. The highest BCUT2D eigenvalue weighted by atomic mass is 32.1. The van der Waals surface area contributed by atoms with Crippen molar-refractivity contribution >= 4 is 11.3 Å². The minimum absolute atomic E-state index is 0.627. The van der Waals surface area contributed by atoms with Gasteiger partial charge in [0.2, 0.25) is 0 Å². The SMILES string of the molecule is CC1CN(Cc2cncs2)CCN1. The fraction of sp³-hybridized carbons (Fsp3) is 0.667. The average molecular weight is 197 g/mol. The third-order valence-electron chi connectivity index (χ3n) is 2.32. The number of hydrogen-bond donors (Lipinski definition) is 1. The molecule has 1 aromatic heterocycles. The highest BCUT2D eigenvalue weighted by molar-refractivity contribution is 7.09. The lowest BCUT2D eigenvalue weighted by atomic mass is 10.2. The lowest BCUT2D eigenvalue weighted by Crippen LogP contribution is -2.48. The van der Waals surface area contributed by atoms with Gasteiger partial charge in [-0.2, -0.15) is 0 Å². The fourth-order valence-corrected chi connectivity index (χ4v) is 2.33. The molecule has 4 heteroatoms. The van der Waals surface area contributed by atoms with Gasteiger partial charge < -0.3 is 5.32 Å². The topological polar surface area (TPSA) is 28.2 Å². The molecule has 1 aromatic rings. The van der Waals surface area contributed by atoms with Gasteiger partial charge in [-0.25, -0.2) is 0 Å². The van der Waals surface area contributed by atoms with E-state index in [-0.39, 0.29) is 0 Å². The molecule has 72 valence electrons. The first-order valence-electron chi connectivity index (χ1n) is 4.67. The Morgan fingerprint density at radius 2 is 2.69 bits per heavy atom. The van der Waals surface area contributed by atoms with Crippen molar-refractivity contribution in [1.82, 2.24) is 15.2 Å². The van der Waals surface area contributed by atoms with Gasteiger partial charge in [0, 0.05) is 43.3 Å². The monoisotopic (exact) mass is 197 g/mol. The van der Waals surface area contributed by atoms with Crippen LogP contribution in [-0.2, 0) is 6.54 Å². The van der Waals surface area contributed by atoms with Gasteiger partial charge in [-0.15, -0.1) is 11.3 Å². The van der Waals surface area contributed by atoms with E-state index in [2.05, 4.69) is 22.1 Å². The standard InChI is InChI=1S/C9H15N3S/c1-8-5-12(3-2-11-8)6-9-4-10-7-13-9/h4,7-8,11H,2-3,5-6H2,1H3. The van der Waals surface area contributed by atoms with Crippen LogP contribution in [0.5, 0.6) is 0 Å². The van der Waals surface area contributed by atoms with Gasteiger partial charge in [0.1, 0.15) is 0 Å². The summed E-state index contributed by atoms with van der Waals surface area (Å²) in [6.07, 6.45) is 1.97. The van der Waals surface area contributed by atoms with Gasteiger partial charge >= 0.3 is 0 Å². The molecule has 0 bridgehead atoms. The first-order valence-corrected chi connectivity index (χ1v) is 5.55. The lowest BCUT2D eigenvalue weighted by molar-refractivity contribution is 0.201. The number of aromatic nitrogens is 1. The number of piperazine rings is 1. The van der Waals surface area contributed by atoms with Crippen molar-refractivity contribution in [1.29, 1.82) is 0 Å². The molecule has 1 saturated heterocycles. The van der Waals surface area contributed by atoms with Crippen LogP contribution in [0.4, 0.5) is 0 Å². The first-order chi connectivity index (χ1) is 6.34. The number of nitrogens with one attached hydrogen (secondary N) is 1. The zero-order chi connectivity index (χ0) is 9.10. The van der Waals surface area contributed by atoms with Crippen LogP contribution in [0.1, 0.15) is 11.8 Å². The van der Waals surface area contributed by atoms with Crippen molar-refractivity contribution in [3.8, 4) is 0 Å². The zero-order valence-electron chi connectivity index (χ0n) is 7.86. The maximum atomic E-state index is 4.08. The van der Waals surface area contributed by atoms with Crippen LogP contribution >= 0.6 is 11.3 Å². The summed E-state index contributed by atoms with van der Waals surface area (Å²) in [4.78, 5) is 7.93. The van der Waals surface area contributed by atoms with Gasteiger partial charge in [0.15, 0.2) is 0 Å². The molecule has 0 amide bonds. The van der Waals surface area contributed by atoms with Crippen molar-refractivity contribution in [2.45, 2.75) is 19.5 Å². The van der Waals surface area contributed by atoms with E-state index < -0.39 is 0 Å². The Kier molecular flexibility index (Phi) is 2.93. The van der Waals surface area contributed by atoms with Crippen molar-refractivity contribution in [3.05, 3.63) is 16.6 Å². The van der Waals surface area contributed by atoms with Crippen LogP contribution in [0.25, 0.3) is 0 Å². The Morgan fingerprint density at radius 1 is 1.77 bits per heavy atom. The molecule has 1 atom stereocenters. The summed E-state index contributed by atoms with van der Waals surface area (Å²) < 4.78 is 0. The minimum atomic E-state index is 0.627. The summed E-state index contributed by atoms with van der Waals surface area (Å²) in [5.74, 6) is 0. The molecular weight excluding hydrogens is 182 g/mol. The largest absolute Gasteiger partial charge is 0.312 e. The minimum Gasteiger partial charge on any atom is -0.312 e. The molecule has 1 N–H and O–H groups in total. The molecule has 3 nitrogen and oxygen atoms in total. The van der Waals surface area contributed by atoms with Crippen molar-refractivity contribution < 1.29 is 0 Å². The Bertz CT molecular complexity index is 247. The van der Waals surface area contributed by atoms with E-state index in [0.717, 1.165) is 26.2 Å². The van der Waals surface area contributed by atoms with Crippen molar-refractivity contribution in [3.63, 3.8) is 0 Å². The Hall–Kier alpha value is -0.450. The molecule has 2 heterocycles. The molecule has 1 aliphatic rings. The average Bonchev–Trinajstić information content (AvgIpc) is 2.57. The number of nitrogens with zero attached hydrogens (tertiary/aromatic N) is 2. The summed E-state index contributed by atoms with van der Waals surface area (Å²) in [5, 5.41) is 3.44. The van der Waals surface area contributed by atoms with E-state index in [0.29, 0.717) is 6.04 Å². The quantitative estimate of drug-likeness (QED) is 0.764. The molecule has 0 saturated carbocycles. The van der Waals surface area contributed by atoms with Crippen LogP contribution in [-0.4, -0.2) is 35.6 Å². The maximum absolute atomic E-state index is 4.08. The third-order valence-corrected chi connectivity index (χ3v) is 3.08. The van der Waals surface area contributed by atoms with Crippen LogP contribution < -0.4 is 5.32 Å². The number of rotatable bonds is 2. The Morgan fingerprint density at radius 3 is 3.38 bits per heavy atom. The predicted molar refractivity (Wildman–Crippen MR) is 54.9 cm³/mol. The van der Waals surface area contributed by atoms with Crippen molar-refractivity contribution in [2.24, 2.45) is 0 Å². The van der Waals surface area contributed by atoms with Gasteiger partial charge in [-0.1, -0.05) is 0 Å². The van der Waals surface area contributed by atoms with Gasteiger partial charge in [-0.3, -0.25) is 9.88 Å². The van der Waals surface area contributed by atoms with Gasteiger partial charge in [0.05, 0.1) is 5.51 Å². The molecule has 0 radical (unpaired) electrons. The van der Waals surface area contributed by atoms with Gasteiger partial charge in [-0.05, 0) is 6.92 Å². The number of hydrogen-bond acceptors (Lipinski definition) is 4. The second kappa shape index (κ2) is 4.17. The fourth-order valence-electron chi connectivity index (χ4n) is 1.70. The second-order valence-corrected chi connectivity index (χ2v) is 4.53. The molecular formula is C9H15N3S. The molecule has 13 heavy (non-hydrogen) atoms. The van der Waals surface area contributed by atoms with E-state index in [1.54, 1.807) is 11.3 Å².